The van der Waals surface area contributed by atoms with Crippen molar-refractivity contribution in [2.75, 3.05) is 20.2 Å². The van der Waals surface area contributed by atoms with Crippen LogP contribution in [0.2, 0.25) is 0 Å². The van der Waals surface area contributed by atoms with Gasteiger partial charge in [0.15, 0.2) is 0 Å². The van der Waals surface area contributed by atoms with Gasteiger partial charge >= 0.3 is 0 Å². The van der Waals surface area contributed by atoms with Crippen LogP contribution in [0.4, 0.5) is 0 Å². The molecule has 0 bridgehead atoms. The highest BCUT2D eigenvalue weighted by molar-refractivity contribution is 5.43. The van der Waals surface area contributed by atoms with Crippen LogP contribution in [-0.2, 0) is 6.54 Å². The molecule has 0 aliphatic carbocycles. The highest BCUT2D eigenvalue weighted by atomic mass is 16.5. The van der Waals surface area contributed by atoms with E-state index >= 15 is 0 Å². The van der Waals surface area contributed by atoms with Gasteiger partial charge in [0.25, 0.3) is 0 Å². The smallest absolute Gasteiger partial charge is 0.126 e. The molecule has 2 N–H and O–H groups in total. The summed E-state index contributed by atoms with van der Waals surface area (Å²) in [6.07, 6.45) is 3.96. The van der Waals surface area contributed by atoms with Gasteiger partial charge in [0, 0.05) is 24.7 Å². The molecule has 1 atom stereocenters. The van der Waals surface area contributed by atoms with Crippen LogP contribution in [0.5, 0.6) is 5.75 Å². The number of aryl methyl sites for hydroxylation is 2. The minimum atomic E-state index is 0.630. The summed E-state index contributed by atoms with van der Waals surface area (Å²) in [4.78, 5) is 0. The van der Waals surface area contributed by atoms with Crippen molar-refractivity contribution in [3.05, 3.63) is 28.8 Å². The lowest BCUT2D eigenvalue weighted by Crippen LogP contribution is -2.41. The minimum absolute atomic E-state index is 0.630. The van der Waals surface area contributed by atoms with Crippen LogP contribution in [-0.4, -0.2) is 26.2 Å². The van der Waals surface area contributed by atoms with Gasteiger partial charge in [-0.05, 0) is 38.8 Å². The van der Waals surface area contributed by atoms with E-state index in [0.29, 0.717) is 6.04 Å². The molecule has 1 aliphatic heterocycles. The second kappa shape index (κ2) is 6.92. The maximum atomic E-state index is 5.52. The predicted octanol–water partition coefficient (Wildman–Crippen LogP) is 2.54. The average Bonchev–Trinajstić information content (AvgIpc) is 2.39. The SMILES string of the molecule is COc1c(C)cc(C)cc1CNCC1CCCCN1. The van der Waals surface area contributed by atoms with Crippen LogP contribution < -0.4 is 15.4 Å². The van der Waals surface area contributed by atoms with Gasteiger partial charge in [-0.3, -0.25) is 0 Å². The number of hydrogen-bond acceptors (Lipinski definition) is 3. The Hall–Kier alpha value is -1.06. The molecule has 1 aromatic carbocycles. The van der Waals surface area contributed by atoms with Gasteiger partial charge in [0.1, 0.15) is 5.75 Å². The zero-order valence-corrected chi connectivity index (χ0v) is 12.4. The van der Waals surface area contributed by atoms with Crippen LogP contribution in [0.25, 0.3) is 0 Å². The molecule has 0 spiro atoms. The van der Waals surface area contributed by atoms with E-state index in [1.165, 1.54) is 42.5 Å². The van der Waals surface area contributed by atoms with Crippen molar-refractivity contribution in [1.29, 1.82) is 0 Å². The molecule has 1 unspecified atom stereocenters. The molecule has 0 saturated carbocycles. The molecule has 1 heterocycles. The van der Waals surface area contributed by atoms with Crippen molar-refractivity contribution in [3.8, 4) is 5.75 Å². The van der Waals surface area contributed by atoms with Crippen molar-refractivity contribution in [3.63, 3.8) is 0 Å². The number of ether oxygens (including phenoxy) is 1. The third-order valence-corrected chi connectivity index (χ3v) is 3.82. The van der Waals surface area contributed by atoms with E-state index in [2.05, 4.69) is 36.6 Å². The van der Waals surface area contributed by atoms with Gasteiger partial charge in [0.05, 0.1) is 7.11 Å². The number of rotatable bonds is 5. The molecular formula is C16H26N2O. The molecule has 1 aromatic rings. The summed E-state index contributed by atoms with van der Waals surface area (Å²) in [6.45, 7) is 7.33. The van der Waals surface area contributed by atoms with Crippen molar-refractivity contribution in [2.45, 2.75) is 45.7 Å². The molecule has 106 valence electrons. The molecule has 2 rings (SSSR count). The van der Waals surface area contributed by atoms with Crippen molar-refractivity contribution < 1.29 is 4.74 Å². The van der Waals surface area contributed by atoms with Gasteiger partial charge in [-0.1, -0.05) is 24.1 Å². The molecule has 1 aliphatic rings. The van der Waals surface area contributed by atoms with Crippen molar-refractivity contribution in [1.82, 2.24) is 10.6 Å². The van der Waals surface area contributed by atoms with E-state index in [4.69, 9.17) is 4.74 Å². The largest absolute Gasteiger partial charge is 0.496 e. The Bertz CT molecular complexity index is 411. The van der Waals surface area contributed by atoms with Crippen LogP contribution >= 0.6 is 0 Å². The van der Waals surface area contributed by atoms with Crippen LogP contribution in [0.3, 0.4) is 0 Å². The lowest BCUT2D eigenvalue weighted by molar-refractivity contribution is 0.378. The molecule has 0 aromatic heterocycles. The normalized spacial score (nSPS) is 19.4. The second-order valence-corrected chi connectivity index (χ2v) is 5.55. The zero-order valence-electron chi connectivity index (χ0n) is 12.4. The van der Waals surface area contributed by atoms with Gasteiger partial charge in [-0.15, -0.1) is 0 Å². The quantitative estimate of drug-likeness (QED) is 0.855. The van der Waals surface area contributed by atoms with E-state index in [1.807, 2.05) is 0 Å². The Morgan fingerprint density at radius 3 is 2.84 bits per heavy atom. The molecular weight excluding hydrogens is 236 g/mol. The topological polar surface area (TPSA) is 33.3 Å². The molecule has 0 amide bonds. The Morgan fingerprint density at radius 2 is 2.16 bits per heavy atom. The number of methoxy groups -OCH3 is 1. The molecule has 3 heteroatoms. The number of benzene rings is 1. The highest BCUT2D eigenvalue weighted by Crippen LogP contribution is 2.24. The van der Waals surface area contributed by atoms with Gasteiger partial charge in [-0.25, -0.2) is 0 Å². The summed E-state index contributed by atoms with van der Waals surface area (Å²) in [7, 11) is 1.75. The summed E-state index contributed by atoms with van der Waals surface area (Å²) in [5.41, 5.74) is 3.77. The number of nitrogens with one attached hydrogen (secondary N) is 2. The molecule has 1 fully saturated rings. The van der Waals surface area contributed by atoms with Crippen molar-refractivity contribution in [2.24, 2.45) is 0 Å². The minimum Gasteiger partial charge on any atom is -0.496 e. The maximum Gasteiger partial charge on any atom is 0.126 e. The first-order chi connectivity index (χ1) is 9.20. The second-order valence-electron chi connectivity index (χ2n) is 5.55. The van der Waals surface area contributed by atoms with E-state index < -0.39 is 0 Å². The fourth-order valence-corrected chi connectivity index (χ4v) is 2.95. The van der Waals surface area contributed by atoms with E-state index in [-0.39, 0.29) is 0 Å². The highest BCUT2D eigenvalue weighted by Gasteiger charge is 2.12. The van der Waals surface area contributed by atoms with E-state index in [1.54, 1.807) is 7.11 Å². The lowest BCUT2D eigenvalue weighted by Gasteiger charge is -2.24. The summed E-state index contributed by atoms with van der Waals surface area (Å²) >= 11 is 0. The zero-order chi connectivity index (χ0) is 13.7. The molecule has 3 nitrogen and oxygen atoms in total. The third-order valence-electron chi connectivity index (χ3n) is 3.82. The maximum absolute atomic E-state index is 5.52. The van der Waals surface area contributed by atoms with Gasteiger partial charge < -0.3 is 15.4 Å². The molecule has 19 heavy (non-hydrogen) atoms. The molecule has 0 radical (unpaired) electrons. The van der Waals surface area contributed by atoms with Crippen molar-refractivity contribution >= 4 is 0 Å². The third kappa shape index (κ3) is 3.95. The molecule has 1 saturated heterocycles. The summed E-state index contributed by atoms with van der Waals surface area (Å²) < 4.78 is 5.52. The summed E-state index contributed by atoms with van der Waals surface area (Å²) in [5, 5.41) is 7.12. The average molecular weight is 262 g/mol. The van der Waals surface area contributed by atoms with E-state index in [9.17, 15) is 0 Å². The monoisotopic (exact) mass is 262 g/mol. The van der Waals surface area contributed by atoms with Crippen LogP contribution in [0.1, 0.15) is 36.0 Å². The standard InChI is InChI=1S/C16H26N2O/c1-12-8-13(2)16(19-3)14(9-12)10-17-11-15-6-4-5-7-18-15/h8-9,15,17-18H,4-7,10-11H2,1-3H3. The predicted molar refractivity (Wildman–Crippen MR) is 79.8 cm³/mol. The first-order valence-corrected chi connectivity index (χ1v) is 7.29. The Labute approximate surface area is 116 Å². The fourth-order valence-electron chi connectivity index (χ4n) is 2.95. The van der Waals surface area contributed by atoms with Gasteiger partial charge in [0.2, 0.25) is 0 Å². The first kappa shape index (κ1) is 14.4. The number of hydrogen-bond donors (Lipinski definition) is 2. The van der Waals surface area contributed by atoms with Gasteiger partial charge in [-0.2, -0.15) is 0 Å². The first-order valence-electron chi connectivity index (χ1n) is 7.29. The number of piperidine rings is 1. The Balaban J connectivity index is 1.91. The lowest BCUT2D eigenvalue weighted by atomic mass is 10.0. The summed E-state index contributed by atoms with van der Waals surface area (Å²) in [6, 6.07) is 5.02. The fraction of sp³-hybridized carbons (Fsp3) is 0.625. The Kier molecular flexibility index (Phi) is 5.23. The summed E-state index contributed by atoms with van der Waals surface area (Å²) in [5.74, 6) is 1.02. The van der Waals surface area contributed by atoms with Crippen LogP contribution in [0.15, 0.2) is 12.1 Å². The van der Waals surface area contributed by atoms with Crippen LogP contribution in [0, 0.1) is 13.8 Å². The Morgan fingerprint density at radius 1 is 1.32 bits per heavy atom. The van der Waals surface area contributed by atoms with E-state index in [0.717, 1.165) is 18.8 Å².